The minimum atomic E-state index is 0.170. The molecule has 2 aliphatic carbocycles. The third-order valence-electron chi connectivity index (χ3n) is 5.11. The van der Waals surface area contributed by atoms with E-state index in [1.807, 2.05) is 0 Å². The molecule has 1 N–H and O–H groups in total. The van der Waals surface area contributed by atoms with Gasteiger partial charge in [0, 0.05) is 24.9 Å². The summed E-state index contributed by atoms with van der Waals surface area (Å²) in [5.41, 5.74) is 0. The van der Waals surface area contributed by atoms with Crippen LogP contribution in [0.25, 0.3) is 0 Å². The summed E-state index contributed by atoms with van der Waals surface area (Å²) in [5, 5.41) is 3.20. The lowest BCUT2D eigenvalue weighted by atomic mass is 9.92. The van der Waals surface area contributed by atoms with E-state index >= 15 is 0 Å². The van der Waals surface area contributed by atoms with E-state index in [-0.39, 0.29) is 12.0 Å². The van der Waals surface area contributed by atoms with Crippen LogP contribution in [0.2, 0.25) is 0 Å². The Morgan fingerprint density at radius 2 is 1.78 bits per heavy atom. The first-order valence-electron chi connectivity index (χ1n) is 9.02. The maximum absolute atomic E-state index is 12.1. The molecule has 1 heterocycles. The second-order valence-electron chi connectivity index (χ2n) is 6.88. The second-order valence-corrected chi connectivity index (χ2v) is 6.88. The standard InChI is InChI=1S/C18H27N3O2/c22-17(11-6-14-4-1-2-5-14)21-15-7-9-16(10-8-15)23-18-19-12-3-13-20-18/h3,12-16H,1-2,4-11H2,(H,21,22). The molecule has 0 radical (unpaired) electrons. The summed E-state index contributed by atoms with van der Waals surface area (Å²) in [6, 6.07) is 2.55. The molecule has 0 aliphatic heterocycles. The SMILES string of the molecule is O=C(CCC1CCCC1)NC1CCC(Oc2ncccn2)CC1. The van der Waals surface area contributed by atoms with Crippen LogP contribution in [0, 0.1) is 5.92 Å². The smallest absolute Gasteiger partial charge is 0.316 e. The Balaban J connectivity index is 1.33. The molecule has 2 saturated carbocycles. The van der Waals surface area contributed by atoms with E-state index in [1.54, 1.807) is 18.5 Å². The molecule has 0 spiro atoms. The van der Waals surface area contributed by atoms with Gasteiger partial charge in [0.05, 0.1) is 0 Å². The zero-order valence-corrected chi connectivity index (χ0v) is 13.7. The number of amides is 1. The number of nitrogens with zero attached hydrogens (tertiary/aromatic N) is 2. The molecule has 126 valence electrons. The molecule has 1 aromatic rings. The Kier molecular flexibility index (Phi) is 5.83. The topological polar surface area (TPSA) is 64.1 Å². The highest BCUT2D eigenvalue weighted by molar-refractivity contribution is 5.76. The highest BCUT2D eigenvalue weighted by atomic mass is 16.5. The first-order valence-corrected chi connectivity index (χ1v) is 9.02. The third-order valence-corrected chi connectivity index (χ3v) is 5.11. The van der Waals surface area contributed by atoms with Crippen molar-refractivity contribution in [2.45, 2.75) is 76.4 Å². The van der Waals surface area contributed by atoms with Gasteiger partial charge in [-0.25, -0.2) is 9.97 Å². The van der Waals surface area contributed by atoms with Crippen LogP contribution in [0.1, 0.15) is 64.2 Å². The lowest BCUT2D eigenvalue weighted by molar-refractivity contribution is -0.122. The van der Waals surface area contributed by atoms with Crippen molar-refractivity contribution in [1.82, 2.24) is 15.3 Å². The van der Waals surface area contributed by atoms with Crippen molar-refractivity contribution in [3.8, 4) is 6.01 Å². The maximum atomic E-state index is 12.1. The minimum Gasteiger partial charge on any atom is -0.460 e. The Bertz CT molecular complexity index is 480. The summed E-state index contributed by atoms with van der Waals surface area (Å²) in [6.07, 6.45) is 14.5. The van der Waals surface area contributed by atoms with Crippen molar-refractivity contribution >= 4 is 5.91 Å². The molecule has 0 unspecified atom stereocenters. The van der Waals surface area contributed by atoms with Gasteiger partial charge in [-0.1, -0.05) is 25.7 Å². The Labute approximate surface area is 138 Å². The highest BCUT2D eigenvalue weighted by Crippen LogP contribution is 2.28. The summed E-state index contributed by atoms with van der Waals surface area (Å²) < 4.78 is 5.79. The zero-order chi connectivity index (χ0) is 15.9. The molecule has 0 atom stereocenters. The van der Waals surface area contributed by atoms with Gasteiger partial charge in [-0.05, 0) is 44.1 Å². The number of nitrogens with one attached hydrogen (secondary N) is 1. The lowest BCUT2D eigenvalue weighted by Crippen LogP contribution is -2.39. The fourth-order valence-corrected chi connectivity index (χ4v) is 3.75. The fourth-order valence-electron chi connectivity index (χ4n) is 3.75. The van der Waals surface area contributed by atoms with Gasteiger partial charge < -0.3 is 10.1 Å². The summed E-state index contributed by atoms with van der Waals surface area (Å²) in [5.74, 6) is 1.02. The van der Waals surface area contributed by atoms with Gasteiger partial charge in [0.2, 0.25) is 5.91 Å². The highest BCUT2D eigenvalue weighted by Gasteiger charge is 2.24. The van der Waals surface area contributed by atoms with Gasteiger partial charge >= 0.3 is 6.01 Å². The van der Waals surface area contributed by atoms with E-state index in [1.165, 1.54) is 25.7 Å². The number of carbonyl (C=O) groups is 1. The van der Waals surface area contributed by atoms with Crippen LogP contribution in [-0.2, 0) is 4.79 Å². The quantitative estimate of drug-likeness (QED) is 0.874. The van der Waals surface area contributed by atoms with E-state index in [0.29, 0.717) is 18.5 Å². The average molecular weight is 317 g/mol. The Morgan fingerprint density at radius 3 is 2.48 bits per heavy atom. The van der Waals surface area contributed by atoms with Crippen molar-refractivity contribution in [3.05, 3.63) is 18.5 Å². The van der Waals surface area contributed by atoms with E-state index in [9.17, 15) is 4.79 Å². The second kappa shape index (κ2) is 8.27. The summed E-state index contributed by atoms with van der Waals surface area (Å²) in [4.78, 5) is 20.3. The molecule has 23 heavy (non-hydrogen) atoms. The Morgan fingerprint density at radius 1 is 1.09 bits per heavy atom. The van der Waals surface area contributed by atoms with Crippen LogP contribution < -0.4 is 10.1 Å². The van der Waals surface area contributed by atoms with E-state index in [2.05, 4.69) is 15.3 Å². The molecule has 5 heteroatoms. The van der Waals surface area contributed by atoms with Crippen molar-refractivity contribution in [3.63, 3.8) is 0 Å². The van der Waals surface area contributed by atoms with Gasteiger partial charge in [0.25, 0.3) is 0 Å². The van der Waals surface area contributed by atoms with Crippen molar-refractivity contribution in [1.29, 1.82) is 0 Å². The number of ether oxygens (including phenoxy) is 1. The monoisotopic (exact) mass is 317 g/mol. The fraction of sp³-hybridized carbons (Fsp3) is 0.722. The van der Waals surface area contributed by atoms with E-state index in [0.717, 1.165) is 38.0 Å². The molecule has 0 saturated heterocycles. The van der Waals surface area contributed by atoms with Crippen LogP contribution in [0.5, 0.6) is 6.01 Å². The van der Waals surface area contributed by atoms with Gasteiger partial charge in [-0.2, -0.15) is 0 Å². The van der Waals surface area contributed by atoms with Crippen LogP contribution >= 0.6 is 0 Å². The zero-order valence-electron chi connectivity index (χ0n) is 13.7. The molecule has 5 nitrogen and oxygen atoms in total. The minimum absolute atomic E-state index is 0.170. The summed E-state index contributed by atoms with van der Waals surface area (Å²) >= 11 is 0. The van der Waals surface area contributed by atoms with Gasteiger partial charge in [-0.15, -0.1) is 0 Å². The largest absolute Gasteiger partial charge is 0.460 e. The predicted octanol–water partition coefficient (Wildman–Crippen LogP) is 3.25. The molecule has 1 amide bonds. The van der Waals surface area contributed by atoms with Gasteiger partial charge in [0.1, 0.15) is 6.10 Å². The third kappa shape index (κ3) is 5.19. The summed E-state index contributed by atoms with van der Waals surface area (Å²) in [6.45, 7) is 0. The normalized spacial score (nSPS) is 25.2. The van der Waals surface area contributed by atoms with Crippen molar-refractivity contribution < 1.29 is 9.53 Å². The van der Waals surface area contributed by atoms with Crippen LogP contribution in [-0.4, -0.2) is 28.0 Å². The average Bonchev–Trinajstić information content (AvgIpc) is 3.09. The molecule has 0 bridgehead atoms. The van der Waals surface area contributed by atoms with Crippen LogP contribution in [0.3, 0.4) is 0 Å². The first kappa shape index (κ1) is 16.2. The molecular formula is C18H27N3O2. The van der Waals surface area contributed by atoms with Crippen molar-refractivity contribution in [2.75, 3.05) is 0 Å². The molecule has 1 aromatic heterocycles. The lowest BCUT2D eigenvalue weighted by Gasteiger charge is -2.29. The maximum Gasteiger partial charge on any atom is 0.316 e. The van der Waals surface area contributed by atoms with Crippen LogP contribution in [0.4, 0.5) is 0 Å². The number of rotatable bonds is 6. The molecule has 2 aliphatic rings. The van der Waals surface area contributed by atoms with Crippen molar-refractivity contribution in [2.24, 2.45) is 5.92 Å². The number of hydrogen-bond donors (Lipinski definition) is 1. The molecule has 0 aromatic carbocycles. The first-order chi connectivity index (χ1) is 11.3. The molecule has 3 rings (SSSR count). The number of hydrogen-bond acceptors (Lipinski definition) is 4. The number of aromatic nitrogens is 2. The number of carbonyl (C=O) groups excluding carboxylic acids is 1. The van der Waals surface area contributed by atoms with Crippen LogP contribution in [0.15, 0.2) is 18.5 Å². The molecule has 2 fully saturated rings. The van der Waals surface area contributed by atoms with E-state index < -0.39 is 0 Å². The van der Waals surface area contributed by atoms with E-state index in [4.69, 9.17) is 4.74 Å². The van der Waals surface area contributed by atoms with Gasteiger partial charge in [0.15, 0.2) is 0 Å². The molecular weight excluding hydrogens is 290 g/mol. The van der Waals surface area contributed by atoms with Gasteiger partial charge in [-0.3, -0.25) is 4.79 Å². The predicted molar refractivity (Wildman–Crippen MR) is 88.0 cm³/mol. The summed E-state index contributed by atoms with van der Waals surface area (Å²) in [7, 11) is 0. The Hall–Kier alpha value is -1.65.